The molecule has 66 heavy (non-hydrogen) atoms. The topological polar surface area (TPSA) is 16.3 Å². The van der Waals surface area contributed by atoms with Crippen LogP contribution >= 0.6 is 0 Å². The number of para-hydroxylation sites is 6. The van der Waals surface area contributed by atoms with E-state index in [0.29, 0.717) is 0 Å². The summed E-state index contributed by atoms with van der Waals surface area (Å²) in [5.41, 5.74) is 13.5. The molecule has 11 aromatic carbocycles. The molecule has 0 saturated heterocycles. The fourth-order valence-corrected chi connectivity index (χ4v) is 10.5. The van der Waals surface area contributed by atoms with Gasteiger partial charge in [-0.15, -0.1) is 0 Å². The van der Waals surface area contributed by atoms with Crippen LogP contribution in [0, 0.1) is 0 Å². The second kappa shape index (κ2) is 15.4. The van der Waals surface area contributed by atoms with Gasteiger partial charge in [-0.3, -0.25) is 0 Å². The van der Waals surface area contributed by atoms with Crippen molar-refractivity contribution in [2.45, 2.75) is 0 Å². The molecule has 13 aromatic rings. The van der Waals surface area contributed by atoms with E-state index in [2.05, 4.69) is 274 Å². The minimum Gasteiger partial charge on any atom is -0.310 e. The fraction of sp³-hybridized carbons (Fsp3) is 0. The average Bonchev–Trinajstić information content (AvgIpc) is 3.89. The van der Waals surface area contributed by atoms with E-state index in [4.69, 9.17) is 0 Å². The maximum Gasteiger partial charge on any atom is 0.0568 e. The molecule has 2 aromatic heterocycles. The van der Waals surface area contributed by atoms with Gasteiger partial charge in [-0.2, -0.15) is 0 Å². The van der Waals surface area contributed by atoms with Gasteiger partial charge >= 0.3 is 0 Å². The van der Waals surface area contributed by atoms with Crippen LogP contribution in [-0.2, 0) is 0 Å². The molecule has 0 atom stereocenters. The second-order valence-corrected chi connectivity index (χ2v) is 16.9. The minimum atomic E-state index is 1.11. The van der Waals surface area contributed by atoms with Gasteiger partial charge in [-0.1, -0.05) is 158 Å². The Labute approximate surface area is 382 Å². The number of aromatic nitrogens is 2. The van der Waals surface area contributed by atoms with Gasteiger partial charge in [0.05, 0.1) is 33.4 Å². The minimum absolute atomic E-state index is 1.11. The Morgan fingerprint density at radius 3 is 0.818 bits per heavy atom. The van der Waals surface area contributed by atoms with Crippen LogP contribution < -0.4 is 9.80 Å². The first-order chi connectivity index (χ1) is 32.8. The zero-order valence-electron chi connectivity index (χ0n) is 36.0. The second-order valence-electron chi connectivity index (χ2n) is 16.9. The van der Waals surface area contributed by atoms with Gasteiger partial charge in [-0.25, -0.2) is 0 Å². The first kappa shape index (κ1) is 37.7. The van der Waals surface area contributed by atoms with Crippen molar-refractivity contribution in [3.8, 4) is 11.4 Å². The van der Waals surface area contributed by atoms with Crippen LogP contribution in [-0.4, -0.2) is 9.13 Å². The summed E-state index contributed by atoms with van der Waals surface area (Å²) in [5, 5.41) is 9.65. The highest BCUT2D eigenvalue weighted by molar-refractivity contribution is 6.30. The van der Waals surface area contributed by atoms with Crippen molar-refractivity contribution in [3.63, 3.8) is 0 Å². The Kier molecular flexibility index (Phi) is 8.81. The summed E-state index contributed by atoms with van der Waals surface area (Å²) in [7, 11) is 0. The first-order valence-electron chi connectivity index (χ1n) is 22.6. The van der Waals surface area contributed by atoms with E-state index in [1.54, 1.807) is 0 Å². The summed E-state index contributed by atoms with van der Waals surface area (Å²) in [6, 6.07) is 92.4. The van der Waals surface area contributed by atoms with Crippen molar-refractivity contribution >= 4 is 99.3 Å². The van der Waals surface area contributed by atoms with Crippen molar-refractivity contribution in [3.05, 3.63) is 255 Å². The lowest BCUT2D eigenvalue weighted by molar-refractivity contribution is 1.17. The molecular formula is C62H42N4. The maximum absolute atomic E-state index is 2.49. The molecule has 4 nitrogen and oxygen atoms in total. The molecule has 0 aliphatic heterocycles. The van der Waals surface area contributed by atoms with Crippen molar-refractivity contribution in [2.24, 2.45) is 0 Å². The van der Waals surface area contributed by atoms with Gasteiger partial charge < -0.3 is 18.9 Å². The summed E-state index contributed by atoms with van der Waals surface area (Å²) >= 11 is 0. The first-order valence-corrected chi connectivity index (χ1v) is 22.6. The molecule has 0 N–H and O–H groups in total. The highest BCUT2D eigenvalue weighted by atomic mass is 15.2. The van der Waals surface area contributed by atoms with E-state index in [9.17, 15) is 0 Å². The number of fused-ring (bicyclic) bond motifs is 10. The monoisotopic (exact) mass is 842 g/mol. The van der Waals surface area contributed by atoms with E-state index in [-0.39, 0.29) is 0 Å². The number of benzene rings is 11. The van der Waals surface area contributed by atoms with Crippen molar-refractivity contribution < 1.29 is 0 Å². The lowest BCUT2D eigenvalue weighted by Gasteiger charge is -2.27. The number of hydrogen-bond donors (Lipinski definition) is 0. The van der Waals surface area contributed by atoms with Gasteiger partial charge in [-0.05, 0) is 108 Å². The van der Waals surface area contributed by atoms with E-state index < -0.39 is 0 Å². The Hall–Kier alpha value is -8.86. The van der Waals surface area contributed by atoms with Gasteiger partial charge in [0.2, 0.25) is 0 Å². The molecular weight excluding hydrogens is 801 g/mol. The van der Waals surface area contributed by atoms with Gasteiger partial charge in [0.25, 0.3) is 0 Å². The highest BCUT2D eigenvalue weighted by Gasteiger charge is 2.26. The van der Waals surface area contributed by atoms with Crippen molar-refractivity contribution in [1.82, 2.24) is 9.13 Å². The molecule has 0 amide bonds. The standard InChI is InChI=1S/C62H42N4/c1-7-23-43(24-8-1)63(44-25-9-2-10-26-44)57-41-59-61(51-37-21-19-35-49(51)57)53-39-56-54(40-55(53)65(59)47-31-15-5-16-32-47)62-52-38-22-20-36-50(52)58(42-60(62)66(56)48-33-17-6-18-34-48)64(45-27-11-3-12-28-45)46-29-13-4-14-30-46/h1-42H. The Morgan fingerprint density at radius 1 is 0.227 bits per heavy atom. The third-order valence-electron chi connectivity index (χ3n) is 13.2. The third-order valence-corrected chi connectivity index (χ3v) is 13.2. The number of anilines is 6. The van der Waals surface area contributed by atoms with Crippen LogP contribution in [0.5, 0.6) is 0 Å². The van der Waals surface area contributed by atoms with Gasteiger partial charge in [0.15, 0.2) is 0 Å². The number of rotatable bonds is 8. The summed E-state index contributed by atoms with van der Waals surface area (Å²) in [6.45, 7) is 0. The maximum atomic E-state index is 2.49. The number of nitrogens with zero attached hydrogens (tertiary/aromatic N) is 4. The quantitative estimate of drug-likeness (QED) is 0.152. The Morgan fingerprint density at radius 2 is 0.500 bits per heavy atom. The predicted octanol–water partition coefficient (Wildman–Crippen LogP) is 17.1. The molecule has 13 rings (SSSR count). The predicted molar refractivity (Wildman–Crippen MR) is 279 cm³/mol. The molecule has 0 aliphatic rings. The summed E-state index contributed by atoms with van der Waals surface area (Å²) in [5.74, 6) is 0. The average molecular weight is 843 g/mol. The number of hydrogen-bond acceptors (Lipinski definition) is 2. The van der Waals surface area contributed by atoms with Crippen LogP contribution in [0.25, 0.3) is 76.5 Å². The molecule has 0 saturated carbocycles. The normalized spacial score (nSPS) is 11.6. The molecule has 0 fully saturated rings. The van der Waals surface area contributed by atoms with Crippen LogP contribution in [0.3, 0.4) is 0 Å². The molecule has 0 spiro atoms. The molecule has 4 heteroatoms. The van der Waals surface area contributed by atoms with Gasteiger partial charge in [0, 0.05) is 66.4 Å². The fourth-order valence-electron chi connectivity index (χ4n) is 10.5. The van der Waals surface area contributed by atoms with Crippen LogP contribution in [0.1, 0.15) is 0 Å². The van der Waals surface area contributed by atoms with E-state index in [1.807, 2.05) is 0 Å². The molecule has 0 aliphatic carbocycles. The van der Waals surface area contributed by atoms with Crippen LogP contribution in [0.2, 0.25) is 0 Å². The highest BCUT2D eigenvalue weighted by Crippen LogP contribution is 2.49. The van der Waals surface area contributed by atoms with E-state index in [1.165, 1.54) is 43.1 Å². The van der Waals surface area contributed by atoms with Crippen molar-refractivity contribution in [1.29, 1.82) is 0 Å². The smallest absolute Gasteiger partial charge is 0.0568 e. The Balaban J connectivity index is 1.19. The zero-order chi connectivity index (χ0) is 43.6. The molecule has 0 unspecified atom stereocenters. The van der Waals surface area contributed by atoms with E-state index >= 15 is 0 Å². The molecule has 2 heterocycles. The van der Waals surface area contributed by atoms with Crippen LogP contribution in [0.4, 0.5) is 34.1 Å². The zero-order valence-corrected chi connectivity index (χ0v) is 36.0. The largest absolute Gasteiger partial charge is 0.310 e. The molecule has 0 bridgehead atoms. The lowest BCUT2D eigenvalue weighted by atomic mass is 9.99. The summed E-state index contributed by atoms with van der Waals surface area (Å²) in [6.07, 6.45) is 0. The third kappa shape index (κ3) is 5.93. The summed E-state index contributed by atoms with van der Waals surface area (Å²) < 4.78 is 4.98. The van der Waals surface area contributed by atoms with Crippen LogP contribution in [0.15, 0.2) is 255 Å². The van der Waals surface area contributed by atoms with Gasteiger partial charge in [0.1, 0.15) is 0 Å². The summed E-state index contributed by atoms with van der Waals surface area (Å²) in [4.78, 5) is 4.81. The molecule has 0 radical (unpaired) electrons. The Bertz CT molecular complexity index is 3560. The van der Waals surface area contributed by atoms with Crippen molar-refractivity contribution in [2.75, 3.05) is 9.80 Å². The SMILES string of the molecule is c1ccc(N(c2ccccc2)c2cc3c(c4ccccc24)c2cc4c(cc2n3-c2ccccc2)c2c3ccccc3c(N(c3ccccc3)c3ccccc3)cc2n4-c2ccccc2)cc1. The van der Waals surface area contributed by atoms with E-state index in [0.717, 1.165) is 67.6 Å². The lowest BCUT2D eigenvalue weighted by Crippen LogP contribution is -2.10. The molecule has 310 valence electrons.